The van der Waals surface area contributed by atoms with Gasteiger partial charge in [-0.05, 0) is 51.0 Å². The van der Waals surface area contributed by atoms with Crippen molar-refractivity contribution in [1.29, 1.82) is 0 Å². The molecular weight excluding hydrogens is 310 g/mol. The van der Waals surface area contributed by atoms with Crippen molar-refractivity contribution < 1.29 is 4.79 Å². The third kappa shape index (κ3) is 4.94. The van der Waals surface area contributed by atoms with Gasteiger partial charge in [0, 0.05) is 37.9 Å². The minimum Gasteiger partial charge on any atom is -0.340 e. The van der Waals surface area contributed by atoms with Crippen LogP contribution < -0.4 is 0 Å². The quantitative estimate of drug-likeness (QED) is 0.765. The van der Waals surface area contributed by atoms with E-state index in [0.717, 1.165) is 51.0 Å². The van der Waals surface area contributed by atoms with Gasteiger partial charge in [0.2, 0.25) is 5.91 Å². The van der Waals surface area contributed by atoms with Crippen LogP contribution in [-0.4, -0.2) is 32.9 Å². The van der Waals surface area contributed by atoms with Crippen LogP contribution in [0.2, 0.25) is 0 Å². The highest BCUT2D eigenvalue weighted by molar-refractivity contribution is 5.76. The highest BCUT2D eigenvalue weighted by Crippen LogP contribution is 2.22. The Hall–Kier alpha value is -2.10. The standard InChI is InChI=1S/C21H29N3O/c1-18-22-14-17-23(18)16-13-20-11-5-6-15-24(20)21(25)12-7-10-19-8-3-2-4-9-19/h2-4,8-9,14,17,20H,5-7,10-13,15-16H2,1H3. The minimum absolute atomic E-state index is 0.336. The summed E-state index contributed by atoms with van der Waals surface area (Å²) in [5.74, 6) is 1.39. The van der Waals surface area contributed by atoms with Crippen LogP contribution in [-0.2, 0) is 17.8 Å². The van der Waals surface area contributed by atoms with E-state index in [1.54, 1.807) is 0 Å². The molecule has 1 aromatic heterocycles. The van der Waals surface area contributed by atoms with Gasteiger partial charge in [-0.3, -0.25) is 4.79 Å². The smallest absolute Gasteiger partial charge is 0.222 e. The molecule has 2 heterocycles. The maximum Gasteiger partial charge on any atom is 0.222 e. The van der Waals surface area contributed by atoms with Crippen LogP contribution in [0.5, 0.6) is 0 Å². The van der Waals surface area contributed by atoms with Crippen molar-refractivity contribution >= 4 is 5.91 Å². The number of imidazole rings is 1. The molecule has 0 spiro atoms. The summed E-state index contributed by atoms with van der Waals surface area (Å²) in [5, 5.41) is 0. The average molecular weight is 339 g/mol. The molecule has 1 aliphatic heterocycles. The summed E-state index contributed by atoms with van der Waals surface area (Å²) < 4.78 is 2.19. The summed E-state index contributed by atoms with van der Waals surface area (Å²) in [5.41, 5.74) is 1.32. The number of aryl methyl sites for hydroxylation is 3. The van der Waals surface area contributed by atoms with Crippen molar-refractivity contribution in [2.45, 2.75) is 64.5 Å². The molecule has 1 saturated heterocycles. The first-order valence-corrected chi connectivity index (χ1v) is 9.55. The molecule has 0 radical (unpaired) electrons. The van der Waals surface area contributed by atoms with Crippen LogP contribution in [0.25, 0.3) is 0 Å². The molecule has 0 N–H and O–H groups in total. The maximum absolute atomic E-state index is 12.7. The summed E-state index contributed by atoms with van der Waals surface area (Å²) in [7, 11) is 0. The van der Waals surface area contributed by atoms with E-state index in [4.69, 9.17) is 0 Å². The molecule has 1 aliphatic rings. The minimum atomic E-state index is 0.336. The molecular formula is C21H29N3O. The van der Waals surface area contributed by atoms with Crippen molar-refractivity contribution in [3.63, 3.8) is 0 Å². The zero-order valence-corrected chi connectivity index (χ0v) is 15.2. The number of aromatic nitrogens is 2. The number of carbonyl (C=O) groups excluding carboxylic acids is 1. The average Bonchev–Trinajstić information content (AvgIpc) is 3.06. The van der Waals surface area contributed by atoms with Crippen LogP contribution >= 0.6 is 0 Å². The number of likely N-dealkylation sites (tertiary alicyclic amines) is 1. The summed E-state index contributed by atoms with van der Waals surface area (Å²) in [4.78, 5) is 19.2. The number of amides is 1. The number of benzene rings is 1. The molecule has 134 valence electrons. The summed E-state index contributed by atoms with van der Waals surface area (Å²) in [6.45, 7) is 3.91. The first-order chi connectivity index (χ1) is 12.2. The van der Waals surface area contributed by atoms with Gasteiger partial charge in [-0.15, -0.1) is 0 Å². The fourth-order valence-corrected chi connectivity index (χ4v) is 3.79. The van der Waals surface area contributed by atoms with Crippen molar-refractivity contribution in [2.75, 3.05) is 6.54 Å². The molecule has 25 heavy (non-hydrogen) atoms. The lowest BCUT2D eigenvalue weighted by Crippen LogP contribution is -2.44. The van der Waals surface area contributed by atoms with Gasteiger partial charge in [0.05, 0.1) is 0 Å². The number of hydrogen-bond donors (Lipinski definition) is 0. The van der Waals surface area contributed by atoms with E-state index < -0.39 is 0 Å². The van der Waals surface area contributed by atoms with Crippen LogP contribution in [0.15, 0.2) is 42.7 Å². The van der Waals surface area contributed by atoms with E-state index in [0.29, 0.717) is 18.4 Å². The van der Waals surface area contributed by atoms with Crippen LogP contribution in [0, 0.1) is 6.92 Å². The van der Waals surface area contributed by atoms with E-state index in [2.05, 4.69) is 38.7 Å². The number of hydrogen-bond acceptors (Lipinski definition) is 2. The molecule has 2 aromatic rings. The fraction of sp³-hybridized carbons (Fsp3) is 0.524. The normalized spacial score (nSPS) is 17.6. The Bertz CT molecular complexity index is 665. The number of nitrogens with zero attached hydrogens (tertiary/aromatic N) is 3. The first-order valence-electron chi connectivity index (χ1n) is 9.55. The molecule has 0 bridgehead atoms. The Kier molecular flexibility index (Phi) is 6.26. The Morgan fingerprint density at radius 1 is 1.24 bits per heavy atom. The van der Waals surface area contributed by atoms with Gasteiger partial charge in [0.15, 0.2) is 0 Å². The molecule has 1 fully saturated rings. The molecule has 1 unspecified atom stereocenters. The summed E-state index contributed by atoms with van der Waals surface area (Å²) in [6.07, 6.45) is 11.0. The lowest BCUT2D eigenvalue weighted by Gasteiger charge is -2.36. The zero-order valence-electron chi connectivity index (χ0n) is 15.2. The van der Waals surface area contributed by atoms with Gasteiger partial charge in [-0.25, -0.2) is 4.98 Å². The third-order valence-electron chi connectivity index (χ3n) is 5.27. The SMILES string of the molecule is Cc1nccn1CCC1CCCCN1C(=O)CCCc1ccccc1. The van der Waals surface area contributed by atoms with Crippen LogP contribution in [0.3, 0.4) is 0 Å². The van der Waals surface area contributed by atoms with E-state index in [1.807, 2.05) is 25.4 Å². The van der Waals surface area contributed by atoms with Crippen molar-refractivity contribution in [1.82, 2.24) is 14.5 Å². The van der Waals surface area contributed by atoms with E-state index >= 15 is 0 Å². The Morgan fingerprint density at radius 3 is 2.84 bits per heavy atom. The second-order valence-corrected chi connectivity index (χ2v) is 7.03. The van der Waals surface area contributed by atoms with Gasteiger partial charge >= 0.3 is 0 Å². The largest absolute Gasteiger partial charge is 0.340 e. The Balaban J connectivity index is 1.49. The van der Waals surface area contributed by atoms with Crippen LogP contribution in [0.1, 0.15) is 49.9 Å². The van der Waals surface area contributed by atoms with Crippen molar-refractivity contribution in [3.8, 4) is 0 Å². The van der Waals surface area contributed by atoms with Gasteiger partial charge in [0.1, 0.15) is 5.82 Å². The predicted molar refractivity (Wildman–Crippen MR) is 100 cm³/mol. The number of rotatable bonds is 7. The third-order valence-corrected chi connectivity index (χ3v) is 5.27. The van der Waals surface area contributed by atoms with Gasteiger partial charge in [-0.2, -0.15) is 0 Å². The summed E-state index contributed by atoms with van der Waals surface area (Å²) >= 11 is 0. The van der Waals surface area contributed by atoms with Crippen molar-refractivity contribution in [3.05, 3.63) is 54.1 Å². The molecule has 4 nitrogen and oxygen atoms in total. The molecule has 4 heteroatoms. The van der Waals surface area contributed by atoms with Crippen molar-refractivity contribution in [2.24, 2.45) is 0 Å². The molecule has 0 saturated carbocycles. The lowest BCUT2D eigenvalue weighted by atomic mass is 9.98. The monoisotopic (exact) mass is 339 g/mol. The highest BCUT2D eigenvalue weighted by atomic mass is 16.2. The molecule has 1 atom stereocenters. The second kappa shape index (κ2) is 8.84. The van der Waals surface area contributed by atoms with E-state index in [1.165, 1.54) is 12.0 Å². The van der Waals surface area contributed by atoms with E-state index in [9.17, 15) is 4.79 Å². The topological polar surface area (TPSA) is 38.1 Å². The second-order valence-electron chi connectivity index (χ2n) is 7.03. The maximum atomic E-state index is 12.7. The Labute approximate surface area is 150 Å². The summed E-state index contributed by atoms with van der Waals surface area (Å²) in [6, 6.07) is 10.8. The molecule has 3 rings (SSSR count). The molecule has 1 aromatic carbocycles. The predicted octanol–water partition coefficient (Wildman–Crippen LogP) is 3.99. The highest BCUT2D eigenvalue weighted by Gasteiger charge is 2.26. The zero-order chi connectivity index (χ0) is 17.5. The van der Waals surface area contributed by atoms with Gasteiger partial charge in [-0.1, -0.05) is 30.3 Å². The first kappa shape index (κ1) is 17.7. The lowest BCUT2D eigenvalue weighted by molar-refractivity contribution is -0.135. The van der Waals surface area contributed by atoms with Crippen LogP contribution in [0.4, 0.5) is 0 Å². The molecule has 0 aliphatic carbocycles. The van der Waals surface area contributed by atoms with Gasteiger partial charge in [0.25, 0.3) is 0 Å². The number of carbonyl (C=O) groups is 1. The number of piperidine rings is 1. The molecule has 1 amide bonds. The van der Waals surface area contributed by atoms with E-state index in [-0.39, 0.29) is 0 Å². The fourth-order valence-electron chi connectivity index (χ4n) is 3.79. The van der Waals surface area contributed by atoms with Gasteiger partial charge < -0.3 is 9.47 Å². The Morgan fingerprint density at radius 2 is 2.08 bits per heavy atom.